The van der Waals surface area contributed by atoms with Crippen LogP contribution in [0.25, 0.3) is 11.3 Å². The Morgan fingerprint density at radius 3 is 2.32 bits per heavy atom. The first-order valence-electron chi connectivity index (χ1n) is 11.8. The maximum absolute atomic E-state index is 13.4. The fourth-order valence-electron chi connectivity index (χ4n) is 4.72. The molecule has 11 heteroatoms. The van der Waals surface area contributed by atoms with Crippen molar-refractivity contribution in [1.82, 2.24) is 14.7 Å². The standard InChI is InChI=1S/C26H31N5O5S/c1-16-14-26(2,3)31(15-16)24-20(25(32)30-37(33,34)23-8-6-7-22(27)29-23)9-10-21(28-24)17-11-18(35-4)13-19(12-17)36-5/h6-13,16H,14-15H2,1-5H3,(H2,27,29)(H,30,32)/t16-/m0/s1. The van der Waals surface area contributed by atoms with Crippen molar-refractivity contribution in [3.63, 3.8) is 0 Å². The van der Waals surface area contributed by atoms with E-state index in [1.54, 1.807) is 32.4 Å². The van der Waals surface area contributed by atoms with Crippen LogP contribution >= 0.6 is 0 Å². The molecule has 196 valence electrons. The van der Waals surface area contributed by atoms with E-state index in [0.717, 1.165) is 12.0 Å². The number of nitrogens with two attached hydrogens (primary N) is 1. The van der Waals surface area contributed by atoms with Gasteiger partial charge in [-0.1, -0.05) is 13.0 Å². The molecule has 10 nitrogen and oxygen atoms in total. The zero-order chi connectivity index (χ0) is 27.0. The lowest BCUT2D eigenvalue weighted by atomic mass is 9.97. The molecule has 1 amide bonds. The Bertz CT molecular complexity index is 1420. The highest BCUT2D eigenvalue weighted by Crippen LogP contribution is 2.39. The number of ether oxygens (including phenoxy) is 2. The van der Waals surface area contributed by atoms with E-state index in [1.165, 1.54) is 18.2 Å². The number of hydrogen-bond donors (Lipinski definition) is 2. The highest BCUT2D eigenvalue weighted by atomic mass is 32.2. The van der Waals surface area contributed by atoms with E-state index < -0.39 is 15.9 Å². The van der Waals surface area contributed by atoms with Crippen molar-refractivity contribution in [3.8, 4) is 22.8 Å². The minimum Gasteiger partial charge on any atom is -0.497 e. The molecule has 1 aliphatic rings. The summed E-state index contributed by atoms with van der Waals surface area (Å²) in [6, 6.07) is 12.9. The number of anilines is 2. The molecule has 0 bridgehead atoms. The van der Waals surface area contributed by atoms with Crippen molar-refractivity contribution in [2.24, 2.45) is 5.92 Å². The van der Waals surface area contributed by atoms with Gasteiger partial charge in [-0.3, -0.25) is 4.79 Å². The highest BCUT2D eigenvalue weighted by molar-refractivity contribution is 7.90. The van der Waals surface area contributed by atoms with E-state index in [4.69, 9.17) is 20.2 Å². The van der Waals surface area contributed by atoms with Crippen LogP contribution in [0, 0.1) is 5.92 Å². The fourth-order valence-corrected chi connectivity index (χ4v) is 5.66. The minimum atomic E-state index is -4.26. The number of sulfonamides is 1. The number of hydrogen-bond acceptors (Lipinski definition) is 9. The van der Waals surface area contributed by atoms with Crippen LogP contribution in [0.2, 0.25) is 0 Å². The van der Waals surface area contributed by atoms with E-state index in [0.29, 0.717) is 35.5 Å². The Balaban J connectivity index is 1.80. The molecule has 37 heavy (non-hydrogen) atoms. The molecule has 1 fully saturated rings. The molecule has 2 aromatic heterocycles. The molecular weight excluding hydrogens is 494 g/mol. The van der Waals surface area contributed by atoms with Gasteiger partial charge in [0.05, 0.1) is 25.5 Å². The molecule has 1 aromatic carbocycles. The first-order chi connectivity index (χ1) is 17.4. The molecule has 1 aliphatic heterocycles. The Kier molecular flexibility index (Phi) is 7.00. The number of methoxy groups -OCH3 is 2. The first kappa shape index (κ1) is 26.2. The van der Waals surface area contributed by atoms with Gasteiger partial charge in [0.15, 0.2) is 5.03 Å². The second kappa shape index (κ2) is 9.89. The lowest BCUT2D eigenvalue weighted by molar-refractivity contribution is 0.0981. The molecule has 3 aromatic rings. The van der Waals surface area contributed by atoms with Gasteiger partial charge in [-0.15, -0.1) is 0 Å². The molecule has 0 spiro atoms. The average molecular weight is 526 g/mol. The van der Waals surface area contributed by atoms with Gasteiger partial charge in [0.25, 0.3) is 15.9 Å². The highest BCUT2D eigenvalue weighted by Gasteiger charge is 2.39. The summed E-state index contributed by atoms with van der Waals surface area (Å²) >= 11 is 0. The Labute approximate surface area is 216 Å². The summed E-state index contributed by atoms with van der Waals surface area (Å²) in [5.74, 6) is 1.15. The van der Waals surface area contributed by atoms with Crippen molar-refractivity contribution in [3.05, 3.63) is 54.1 Å². The number of benzene rings is 1. The molecule has 3 N–H and O–H groups in total. The maximum Gasteiger partial charge on any atom is 0.281 e. The normalized spacial score (nSPS) is 16.9. The summed E-state index contributed by atoms with van der Waals surface area (Å²) in [6.45, 7) is 6.95. The first-order valence-corrected chi connectivity index (χ1v) is 13.2. The minimum absolute atomic E-state index is 0.0311. The fraction of sp³-hybridized carbons (Fsp3) is 0.346. The number of carbonyl (C=O) groups is 1. The van der Waals surface area contributed by atoms with E-state index >= 15 is 0 Å². The van der Waals surface area contributed by atoms with Crippen LogP contribution in [-0.2, 0) is 10.0 Å². The molecule has 4 rings (SSSR count). The van der Waals surface area contributed by atoms with Gasteiger partial charge in [0.2, 0.25) is 0 Å². The van der Waals surface area contributed by atoms with Crippen LogP contribution in [0.15, 0.2) is 53.6 Å². The number of nitrogen functional groups attached to an aromatic ring is 1. The van der Waals surface area contributed by atoms with Crippen molar-refractivity contribution >= 4 is 27.6 Å². The number of nitrogens with zero attached hydrogens (tertiary/aromatic N) is 3. The third-order valence-electron chi connectivity index (χ3n) is 6.34. The predicted octanol–water partition coefficient (Wildman–Crippen LogP) is 3.49. The van der Waals surface area contributed by atoms with Gasteiger partial charge < -0.3 is 20.1 Å². The predicted molar refractivity (Wildman–Crippen MR) is 141 cm³/mol. The summed E-state index contributed by atoms with van der Waals surface area (Å²) in [4.78, 5) is 24.1. The Morgan fingerprint density at radius 1 is 1.08 bits per heavy atom. The van der Waals surface area contributed by atoms with Gasteiger partial charge >= 0.3 is 0 Å². The number of nitrogens with one attached hydrogen (secondary N) is 1. The van der Waals surface area contributed by atoms with Gasteiger partial charge in [0.1, 0.15) is 23.1 Å². The van der Waals surface area contributed by atoms with Crippen LogP contribution in [0.4, 0.5) is 11.6 Å². The summed E-state index contributed by atoms with van der Waals surface area (Å²) in [5, 5.41) is -0.342. The second-order valence-electron chi connectivity index (χ2n) is 9.74. The molecule has 1 atom stereocenters. The van der Waals surface area contributed by atoms with Gasteiger partial charge in [-0.2, -0.15) is 8.42 Å². The lowest BCUT2D eigenvalue weighted by Crippen LogP contribution is -2.41. The maximum atomic E-state index is 13.4. The van der Waals surface area contributed by atoms with Crippen LogP contribution in [-0.4, -0.2) is 50.6 Å². The lowest BCUT2D eigenvalue weighted by Gasteiger charge is -2.34. The molecule has 0 saturated carbocycles. The van der Waals surface area contributed by atoms with Crippen LogP contribution in [0.5, 0.6) is 11.5 Å². The molecular formula is C26H31N5O5S. The molecule has 1 saturated heterocycles. The number of aromatic nitrogens is 2. The summed E-state index contributed by atoms with van der Waals surface area (Å²) in [5.41, 5.74) is 6.78. The zero-order valence-electron chi connectivity index (χ0n) is 21.5. The Morgan fingerprint density at radius 2 is 1.76 bits per heavy atom. The quantitative estimate of drug-likeness (QED) is 0.475. The Hall–Kier alpha value is -3.86. The van der Waals surface area contributed by atoms with Gasteiger partial charge in [-0.25, -0.2) is 14.7 Å². The number of rotatable bonds is 7. The largest absolute Gasteiger partial charge is 0.497 e. The van der Waals surface area contributed by atoms with E-state index in [2.05, 4.69) is 35.4 Å². The number of amides is 1. The number of carbonyl (C=O) groups excluding carboxylic acids is 1. The van der Waals surface area contributed by atoms with E-state index in [1.807, 2.05) is 12.1 Å². The summed E-state index contributed by atoms with van der Waals surface area (Å²) in [7, 11) is -1.13. The smallest absolute Gasteiger partial charge is 0.281 e. The van der Waals surface area contributed by atoms with E-state index in [9.17, 15) is 13.2 Å². The SMILES string of the molecule is COc1cc(OC)cc(-c2ccc(C(=O)NS(=O)(=O)c3cccc(N)n3)c(N3C[C@@H](C)CC3(C)C)n2)c1. The molecule has 0 unspecified atom stereocenters. The van der Waals surface area contributed by atoms with Gasteiger partial charge in [-0.05, 0) is 62.6 Å². The van der Waals surface area contributed by atoms with Crippen molar-refractivity contribution in [1.29, 1.82) is 0 Å². The molecule has 0 radical (unpaired) electrons. The van der Waals surface area contributed by atoms with Gasteiger partial charge in [0, 0.05) is 23.7 Å². The van der Waals surface area contributed by atoms with Crippen molar-refractivity contribution in [2.45, 2.75) is 37.8 Å². The van der Waals surface area contributed by atoms with Crippen LogP contribution < -0.4 is 24.8 Å². The second-order valence-corrected chi connectivity index (χ2v) is 11.4. The topological polar surface area (TPSA) is 137 Å². The van der Waals surface area contributed by atoms with Crippen molar-refractivity contribution in [2.75, 3.05) is 31.4 Å². The summed E-state index contributed by atoms with van der Waals surface area (Å²) < 4.78 is 38.7. The van der Waals surface area contributed by atoms with Crippen molar-refractivity contribution < 1.29 is 22.7 Å². The monoisotopic (exact) mass is 525 g/mol. The number of pyridine rings is 2. The average Bonchev–Trinajstić information content (AvgIpc) is 3.14. The van der Waals surface area contributed by atoms with Crippen LogP contribution in [0.1, 0.15) is 37.6 Å². The summed E-state index contributed by atoms with van der Waals surface area (Å²) in [6.07, 6.45) is 0.887. The third kappa shape index (κ3) is 5.46. The molecule has 3 heterocycles. The van der Waals surface area contributed by atoms with Crippen LogP contribution in [0.3, 0.4) is 0 Å². The third-order valence-corrected chi connectivity index (χ3v) is 7.58. The van der Waals surface area contributed by atoms with E-state index in [-0.39, 0.29) is 21.9 Å². The zero-order valence-corrected chi connectivity index (χ0v) is 22.3. The molecule has 0 aliphatic carbocycles.